The van der Waals surface area contributed by atoms with Gasteiger partial charge in [0.15, 0.2) is 6.17 Å². The molecule has 1 unspecified atom stereocenters. The SMILES string of the molecule is O=C(O)CN([C@]1(C(=O)O)C[C@H]1c1cccc(C(F)C(F)F)c1)S(=O)(=O)c1ccc(-c2ccc(Cl)cc2)cc1. The maximum atomic E-state index is 13.9. The number of nitrogens with zero attached hydrogens (tertiary/aromatic N) is 1. The van der Waals surface area contributed by atoms with Crippen LogP contribution < -0.4 is 0 Å². The first kappa shape index (κ1) is 27.6. The van der Waals surface area contributed by atoms with Crippen LogP contribution in [-0.4, -0.2) is 53.4 Å². The molecule has 3 aromatic carbocycles. The summed E-state index contributed by atoms with van der Waals surface area (Å²) in [5.74, 6) is -4.29. The van der Waals surface area contributed by atoms with E-state index in [1.165, 1.54) is 36.4 Å². The topological polar surface area (TPSA) is 112 Å². The highest BCUT2D eigenvalue weighted by molar-refractivity contribution is 7.89. The van der Waals surface area contributed by atoms with Gasteiger partial charge in [-0.3, -0.25) is 9.59 Å². The molecule has 3 aromatic rings. The van der Waals surface area contributed by atoms with Crippen LogP contribution in [0.25, 0.3) is 11.1 Å². The van der Waals surface area contributed by atoms with Crippen molar-refractivity contribution >= 4 is 33.6 Å². The summed E-state index contributed by atoms with van der Waals surface area (Å²) in [7, 11) is -4.67. The van der Waals surface area contributed by atoms with Gasteiger partial charge in [-0.05, 0) is 52.9 Å². The molecule has 1 saturated carbocycles. The molecule has 7 nitrogen and oxygen atoms in total. The van der Waals surface area contributed by atoms with E-state index < -0.39 is 58.1 Å². The molecule has 1 aliphatic carbocycles. The smallest absolute Gasteiger partial charge is 0.325 e. The summed E-state index contributed by atoms with van der Waals surface area (Å²) in [6.45, 7) is -1.16. The second-order valence-electron chi connectivity index (χ2n) is 8.83. The van der Waals surface area contributed by atoms with Crippen molar-refractivity contribution in [2.45, 2.75) is 35.4 Å². The first-order chi connectivity index (χ1) is 17.9. The average molecular weight is 568 g/mol. The molecule has 0 heterocycles. The predicted octanol–water partition coefficient (Wildman–Crippen LogP) is 5.37. The lowest BCUT2D eigenvalue weighted by atomic mass is 10.0. The number of halogens is 4. The summed E-state index contributed by atoms with van der Waals surface area (Å²) >= 11 is 5.90. The quantitative estimate of drug-likeness (QED) is 0.341. The summed E-state index contributed by atoms with van der Waals surface area (Å²) < 4.78 is 67.3. The van der Waals surface area contributed by atoms with Crippen LogP contribution in [0.1, 0.15) is 29.6 Å². The van der Waals surface area contributed by atoms with Gasteiger partial charge in [0.1, 0.15) is 12.1 Å². The van der Waals surface area contributed by atoms with Gasteiger partial charge in [-0.1, -0.05) is 60.1 Å². The van der Waals surface area contributed by atoms with Crippen molar-refractivity contribution in [1.29, 1.82) is 0 Å². The lowest BCUT2D eigenvalue weighted by Crippen LogP contribution is -2.50. The third-order valence-electron chi connectivity index (χ3n) is 6.50. The molecule has 0 bridgehead atoms. The van der Waals surface area contributed by atoms with Crippen molar-refractivity contribution in [2.75, 3.05) is 6.54 Å². The maximum Gasteiger partial charge on any atom is 0.325 e. The highest BCUT2D eigenvalue weighted by Gasteiger charge is 2.68. The Kier molecular flexibility index (Phi) is 7.55. The van der Waals surface area contributed by atoms with Crippen LogP contribution in [0.3, 0.4) is 0 Å². The minimum Gasteiger partial charge on any atom is -0.480 e. The van der Waals surface area contributed by atoms with Crippen molar-refractivity contribution in [1.82, 2.24) is 4.31 Å². The number of benzene rings is 3. The summed E-state index contributed by atoms with van der Waals surface area (Å²) in [6.07, 6.45) is -6.26. The zero-order valence-electron chi connectivity index (χ0n) is 19.5. The molecule has 0 spiro atoms. The molecule has 12 heteroatoms. The van der Waals surface area contributed by atoms with Gasteiger partial charge < -0.3 is 10.2 Å². The van der Waals surface area contributed by atoms with E-state index in [4.69, 9.17) is 11.6 Å². The molecular weight excluding hydrogens is 547 g/mol. The average Bonchev–Trinajstić information content (AvgIpc) is 3.64. The van der Waals surface area contributed by atoms with Gasteiger partial charge >= 0.3 is 11.9 Å². The Morgan fingerprint density at radius 2 is 1.55 bits per heavy atom. The van der Waals surface area contributed by atoms with Crippen LogP contribution in [0.2, 0.25) is 5.02 Å². The molecule has 0 aliphatic heterocycles. The van der Waals surface area contributed by atoms with Gasteiger partial charge in [-0.25, -0.2) is 21.6 Å². The van der Waals surface area contributed by atoms with Gasteiger partial charge in [0.05, 0.1) is 4.90 Å². The molecule has 0 radical (unpaired) electrons. The molecule has 200 valence electrons. The zero-order valence-corrected chi connectivity index (χ0v) is 21.0. The van der Waals surface area contributed by atoms with E-state index >= 15 is 0 Å². The van der Waals surface area contributed by atoms with Crippen molar-refractivity contribution in [3.05, 3.63) is 88.9 Å². The highest BCUT2D eigenvalue weighted by atomic mass is 35.5. The fraction of sp³-hybridized carbons (Fsp3) is 0.231. The highest BCUT2D eigenvalue weighted by Crippen LogP contribution is 2.57. The van der Waals surface area contributed by atoms with Crippen molar-refractivity contribution < 1.29 is 41.4 Å². The lowest BCUT2D eigenvalue weighted by molar-refractivity contribution is -0.145. The Hall–Kier alpha value is -3.41. The number of hydrogen-bond donors (Lipinski definition) is 2. The molecule has 1 fully saturated rings. The van der Waals surface area contributed by atoms with Crippen molar-refractivity contribution in [3.63, 3.8) is 0 Å². The van der Waals surface area contributed by atoms with Gasteiger partial charge in [0.2, 0.25) is 10.0 Å². The molecule has 0 aromatic heterocycles. The normalized spacial score (nSPS) is 19.9. The van der Waals surface area contributed by atoms with Crippen LogP contribution in [0.4, 0.5) is 13.2 Å². The van der Waals surface area contributed by atoms with Gasteiger partial charge in [-0.15, -0.1) is 0 Å². The van der Waals surface area contributed by atoms with E-state index in [9.17, 15) is 41.4 Å². The van der Waals surface area contributed by atoms with E-state index in [0.29, 0.717) is 14.9 Å². The second kappa shape index (κ2) is 10.4. The summed E-state index contributed by atoms with van der Waals surface area (Å²) in [5.41, 5.74) is -1.12. The third kappa shape index (κ3) is 5.13. The molecule has 4 rings (SSSR count). The first-order valence-electron chi connectivity index (χ1n) is 11.2. The second-order valence-corrected chi connectivity index (χ2v) is 11.1. The van der Waals surface area contributed by atoms with Crippen LogP contribution in [-0.2, 0) is 19.6 Å². The van der Waals surface area contributed by atoms with E-state index in [1.54, 1.807) is 24.3 Å². The molecule has 38 heavy (non-hydrogen) atoms. The minimum absolute atomic E-state index is 0.108. The Labute approximate surface area is 221 Å². The number of rotatable bonds is 10. The van der Waals surface area contributed by atoms with E-state index in [0.717, 1.165) is 17.7 Å². The summed E-state index contributed by atoms with van der Waals surface area (Å²) in [5, 5.41) is 20.1. The van der Waals surface area contributed by atoms with Crippen LogP contribution in [0.15, 0.2) is 77.7 Å². The number of sulfonamides is 1. The fourth-order valence-corrected chi connectivity index (χ4v) is 6.36. The number of hydrogen-bond acceptors (Lipinski definition) is 4. The van der Waals surface area contributed by atoms with Crippen molar-refractivity contribution in [3.8, 4) is 11.1 Å². The van der Waals surface area contributed by atoms with Gasteiger partial charge in [-0.2, -0.15) is 4.31 Å². The maximum absolute atomic E-state index is 13.9. The molecular formula is C26H21ClF3NO6S. The standard InChI is InChI=1S/C26H21ClF3NO6S/c27-19-8-4-15(5-9-19)16-6-10-20(11-7-16)38(36,37)31(14-22(32)33)26(25(34)35)13-21(26)17-2-1-3-18(12-17)23(28)24(29)30/h1-12,21,23-24H,13-14H2,(H,32,33)(H,34,35)/t21-,23?,26+/m0/s1. The number of aliphatic carboxylic acids is 2. The largest absolute Gasteiger partial charge is 0.480 e. The fourth-order valence-electron chi connectivity index (χ4n) is 4.51. The van der Waals surface area contributed by atoms with Gasteiger partial charge in [0.25, 0.3) is 6.43 Å². The Morgan fingerprint density at radius 3 is 2.08 bits per heavy atom. The molecule has 2 N–H and O–H groups in total. The zero-order chi connectivity index (χ0) is 27.8. The van der Waals surface area contributed by atoms with E-state index in [-0.39, 0.29) is 16.9 Å². The third-order valence-corrected chi connectivity index (χ3v) is 8.65. The van der Waals surface area contributed by atoms with Gasteiger partial charge in [0, 0.05) is 10.9 Å². The van der Waals surface area contributed by atoms with Crippen LogP contribution in [0, 0.1) is 0 Å². The van der Waals surface area contributed by atoms with Crippen LogP contribution in [0.5, 0.6) is 0 Å². The molecule has 3 atom stereocenters. The molecule has 0 saturated heterocycles. The Morgan fingerprint density at radius 1 is 0.974 bits per heavy atom. The van der Waals surface area contributed by atoms with E-state index in [1.807, 2.05) is 0 Å². The number of carbonyl (C=O) groups is 2. The summed E-state index contributed by atoms with van der Waals surface area (Å²) in [4.78, 5) is 23.8. The number of alkyl halides is 3. The summed E-state index contributed by atoms with van der Waals surface area (Å²) in [6, 6.07) is 17.0. The van der Waals surface area contributed by atoms with E-state index in [2.05, 4.69) is 0 Å². The molecule has 0 amide bonds. The monoisotopic (exact) mass is 567 g/mol. The van der Waals surface area contributed by atoms with Crippen LogP contribution >= 0.6 is 11.6 Å². The van der Waals surface area contributed by atoms with Crippen molar-refractivity contribution in [2.24, 2.45) is 0 Å². The molecule has 1 aliphatic rings. The number of carboxylic acids is 2. The first-order valence-corrected chi connectivity index (χ1v) is 13.1. The lowest BCUT2D eigenvalue weighted by Gasteiger charge is -2.28. The Balaban J connectivity index is 1.72. The predicted molar refractivity (Wildman–Crippen MR) is 132 cm³/mol. The number of carboxylic acid groups (broad SMARTS) is 2. The minimum atomic E-state index is -4.67. The Bertz CT molecular complexity index is 1470.